The van der Waals surface area contributed by atoms with Crippen LogP contribution in [0.3, 0.4) is 0 Å². The Balaban J connectivity index is 1.57. The topological polar surface area (TPSA) is 38.9 Å². The maximum absolute atomic E-state index is 12.8. The predicted octanol–water partition coefficient (Wildman–Crippen LogP) is 3.71. The van der Waals surface area contributed by atoms with Crippen molar-refractivity contribution >= 4 is 0 Å². The van der Waals surface area contributed by atoms with E-state index in [4.69, 9.17) is 4.98 Å². The summed E-state index contributed by atoms with van der Waals surface area (Å²) in [5, 5.41) is 4.40. The SMILES string of the molecule is Cc1cc(CN2CCc3nc(-c4ccc(C(F)(F)F)cc4)n(C)c3C2)n(C)n1. The summed E-state index contributed by atoms with van der Waals surface area (Å²) in [5.41, 5.74) is 4.34. The van der Waals surface area contributed by atoms with Gasteiger partial charge in [-0.15, -0.1) is 0 Å². The Morgan fingerprint density at radius 2 is 1.82 bits per heavy atom. The summed E-state index contributed by atoms with van der Waals surface area (Å²) in [5.74, 6) is 0.706. The number of hydrogen-bond acceptors (Lipinski definition) is 3. The van der Waals surface area contributed by atoms with Crippen molar-refractivity contribution in [2.45, 2.75) is 32.6 Å². The Morgan fingerprint density at radius 3 is 2.43 bits per heavy atom. The maximum Gasteiger partial charge on any atom is 0.416 e. The fourth-order valence-corrected chi connectivity index (χ4v) is 3.78. The Hall–Kier alpha value is -2.61. The number of nitrogens with zero attached hydrogens (tertiary/aromatic N) is 5. The number of alkyl halides is 3. The molecule has 148 valence electrons. The van der Waals surface area contributed by atoms with Gasteiger partial charge in [0.2, 0.25) is 0 Å². The van der Waals surface area contributed by atoms with E-state index in [-0.39, 0.29) is 0 Å². The van der Waals surface area contributed by atoms with Crippen LogP contribution in [0.5, 0.6) is 0 Å². The summed E-state index contributed by atoms with van der Waals surface area (Å²) >= 11 is 0. The molecule has 0 saturated heterocycles. The molecule has 4 rings (SSSR count). The summed E-state index contributed by atoms with van der Waals surface area (Å²) in [6.07, 6.45) is -3.51. The molecular weight excluding hydrogens is 367 g/mol. The molecule has 0 fully saturated rings. The van der Waals surface area contributed by atoms with Gasteiger partial charge in [-0.3, -0.25) is 9.58 Å². The minimum atomic E-state index is -4.33. The third kappa shape index (κ3) is 3.44. The number of aromatic nitrogens is 4. The average Bonchev–Trinajstić information content (AvgIpc) is 3.13. The molecule has 0 amide bonds. The second-order valence-corrected chi connectivity index (χ2v) is 7.32. The van der Waals surface area contributed by atoms with Gasteiger partial charge in [-0.2, -0.15) is 18.3 Å². The number of rotatable bonds is 3. The first-order valence-electron chi connectivity index (χ1n) is 9.16. The summed E-state index contributed by atoms with van der Waals surface area (Å²) in [6, 6.07) is 7.30. The van der Waals surface area contributed by atoms with Crippen molar-refractivity contribution in [2.24, 2.45) is 14.1 Å². The van der Waals surface area contributed by atoms with Crippen molar-refractivity contribution in [1.29, 1.82) is 0 Å². The Bertz CT molecular complexity index is 998. The molecule has 0 aliphatic carbocycles. The normalized spacial score (nSPS) is 15.1. The lowest BCUT2D eigenvalue weighted by Crippen LogP contribution is -2.31. The van der Waals surface area contributed by atoms with Gasteiger partial charge < -0.3 is 4.57 Å². The van der Waals surface area contributed by atoms with Crippen molar-refractivity contribution < 1.29 is 13.2 Å². The van der Waals surface area contributed by atoms with E-state index in [1.807, 2.05) is 30.3 Å². The van der Waals surface area contributed by atoms with E-state index in [9.17, 15) is 13.2 Å². The highest BCUT2D eigenvalue weighted by atomic mass is 19.4. The van der Waals surface area contributed by atoms with E-state index in [1.165, 1.54) is 12.1 Å². The van der Waals surface area contributed by atoms with Gasteiger partial charge in [0.15, 0.2) is 0 Å². The van der Waals surface area contributed by atoms with Crippen molar-refractivity contribution in [3.05, 3.63) is 58.7 Å². The van der Waals surface area contributed by atoms with Crippen LogP contribution in [-0.2, 0) is 39.8 Å². The minimum absolute atomic E-state index is 0.645. The molecule has 0 saturated carbocycles. The molecule has 0 radical (unpaired) electrons. The van der Waals surface area contributed by atoms with Crippen LogP contribution in [0.1, 0.15) is 28.3 Å². The zero-order chi connectivity index (χ0) is 20.1. The summed E-state index contributed by atoms with van der Waals surface area (Å²) < 4.78 is 42.3. The quantitative estimate of drug-likeness (QED) is 0.686. The lowest BCUT2D eigenvalue weighted by Gasteiger charge is -2.26. The number of halogens is 3. The van der Waals surface area contributed by atoms with Crippen LogP contribution in [0.2, 0.25) is 0 Å². The third-order valence-electron chi connectivity index (χ3n) is 5.29. The molecule has 3 heterocycles. The lowest BCUT2D eigenvalue weighted by atomic mass is 10.1. The second-order valence-electron chi connectivity index (χ2n) is 7.32. The minimum Gasteiger partial charge on any atom is -0.330 e. The Morgan fingerprint density at radius 1 is 1.11 bits per heavy atom. The summed E-state index contributed by atoms with van der Waals surface area (Å²) in [6.45, 7) is 4.43. The van der Waals surface area contributed by atoms with Crippen LogP contribution >= 0.6 is 0 Å². The highest BCUT2D eigenvalue weighted by molar-refractivity contribution is 5.58. The molecule has 0 bridgehead atoms. The van der Waals surface area contributed by atoms with Gasteiger partial charge in [-0.25, -0.2) is 4.98 Å². The molecule has 1 aliphatic rings. The van der Waals surface area contributed by atoms with Crippen LogP contribution < -0.4 is 0 Å². The van der Waals surface area contributed by atoms with Gasteiger partial charge in [0.25, 0.3) is 0 Å². The molecule has 8 heteroatoms. The van der Waals surface area contributed by atoms with Crippen LogP contribution in [-0.4, -0.2) is 30.8 Å². The van der Waals surface area contributed by atoms with Crippen molar-refractivity contribution in [2.75, 3.05) is 6.54 Å². The molecule has 28 heavy (non-hydrogen) atoms. The van der Waals surface area contributed by atoms with E-state index in [0.29, 0.717) is 11.4 Å². The van der Waals surface area contributed by atoms with Gasteiger partial charge in [0, 0.05) is 45.7 Å². The number of hydrogen-bond donors (Lipinski definition) is 0. The number of imidazole rings is 1. The predicted molar refractivity (Wildman–Crippen MR) is 99.4 cm³/mol. The Labute approximate surface area is 161 Å². The smallest absolute Gasteiger partial charge is 0.330 e. The molecule has 2 aromatic heterocycles. The van der Waals surface area contributed by atoms with E-state index < -0.39 is 11.7 Å². The molecule has 1 aromatic carbocycles. The van der Waals surface area contributed by atoms with Crippen molar-refractivity contribution in [1.82, 2.24) is 24.2 Å². The maximum atomic E-state index is 12.8. The molecule has 3 aromatic rings. The summed E-state index contributed by atoms with van der Waals surface area (Å²) in [4.78, 5) is 7.06. The average molecular weight is 389 g/mol. The molecule has 0 unspecified atom stereocenters. The molecule has 0 atom stereocenters. The standard InChI is InChI=1S/C20H22F3N5/c1-13-10-16(27(3)25-13)11-28-9-8-17-18(12-28)26(2)19(24-17)14-4-6-15(7-5-14)20(21,22)23/h4-7,10H,8-9,11-12H2,1-3H3. The van der Waals surface area contributed by atoms with Gasteiger partial charge in [0.1, 0.15) is 5.82 Å². The second kappa shape index (κ2) is 6.77. The van der Waals surface area contributed by atoms with Gasteiger partial charge in [0.05, 0.1) is 28.3 Å². The van der Waals surface area contributed by atoms with E-state index in [1.54, 1.807) is 0 Å². The van der Waals surface area contributed by atoms with Crippen LogP contribution in [0, 0.1) is 6.92 Å². The first kappa shape index (κ1) is 18.7. The van der Waals surface area contributed by atoms with Crippen LogP contribution in [0.25, 0.3) is 11.4 Å². The van der Waals surface area contributed by atoms with E-state index in [2.05, 4.69) is 16.1 Å². The van der Waals surface area contributed by atoms with E-state index >= 15 is 0 Å². The van der Waals surface area contributed by atoms with E-state index in [0.717, 1.165) is 61.0 Å². The zero-order valence-corrected chi connectivity index (χ0v) is 16.1. The molecule has 5 nitrogen and oxygen atoms in total. The third-order valence-corrected chi connectivity index (χ3v) is 5.29. The zero-order valence-electron chi connectivity index (χ0n) is 16.1. The fourth-order valence-electron chi connectivity index (χ4n) is 3.78. The van der Waals surface area contributed by atoms with Gasteiger partial charge in [-0.1, -0.05) is 12.1 Å². The molecule has 1 aliphatic heterocycles. The van der Waals surface area contributed by atoms with Crippen LogP contribution in [0.15, 0.2) is 30.3 Å². The van der Waals surface area contributed by atoms with Crippen LogP contribution in [0.4, 0.5) is 13.2 Å². The molecule has 0 spiro atoms. The number of benzene rings is 1. The first-order chi connectivity index (χ1) is 13.2. The Kier molecular flexibility index (Phi) is 4.53. The number of fused-ring (bicyclic) bond motifs is 1. The van der Waals surface area contributed by atoms with Crippen molar-refractivity contribution in [3.63, 3.8) is 0 Å². The van der Waals surface area contributed by atoms with Crippen molar-refractivity contribution in [3.8, 4) is 11.4 Å². The fraction of sp³-hybridized carbons (Fsp3) is 0.400. The first-order valence-corrected chi connectivity index (χ1v) is 9.16. The highest BCUT2D eigenvalue weighted by Crippen LogP contribution is 2.32. The molecule has 0 N–H and O–H groups in total. The monoisotopic (exact) mass is 389 g/mol. The largest absolute Gasteiger partial charge is 0.416 e. The summed E-state index contributed by atoms with van der Waals surface area (Å²) in [7, 11) is 3.88. The number of aryl methyl sites for hydroxylation is 2. The molecular formula is C20H22F3N5. The lowest BCUT2D eigenvalue weighted by molar-refractivity contribution is -0.137. The van der Waals surface area contributed by atoms with Gasteiger partial charge in [-0.05, 0) is 25.1 Å². The highest BCUT2D eigenvalue weighted by Gasteiger charge is 2.30. The van der Waals surface area contributed by atoms with Gasteiger partial charge >= 0.3 is 6.18 Å².